The first-order chi connectivity index (χ1) is 11.0. The van der Waals surface area contributed by atoms with Crippen LogP contribution in [0, 0.1) is 6.92 Å². The summed E-state index contributed by atoms with van der Waals surface area (Å²) in [5.74, 6) is -0.0266. The maximum absolute atomic E-state index is 12.7. The maximum atomic E-state index is 12.7. The number of nitrogens with one attached hydrogen (secondary N) is 1. The minimum absolute atomic E-state index is 0.0266. The third-order valence-electron chi connectivity index (χ3n) is 4.26. The van der Waals surface area contributed by atoms with Gasteiger partial charge in [-0.1, -0.05) is 35.4 Å². The van der Waals surface area contributed by atoms with E-state index in [2.05, 4.69) is 11.1 Å². The molecule has 0 radical (unpaired) electrons. The van der Waals surface area contributed by atoms with Gasteiger partial charge in [-0.25, -0.2) is 0 Å². The highest BCUT2D eigenvalue weighted by Crippen LogP contribution is 2.24. The summed E-state index contributed by atoms with van der Waals surface area (Å²) in [5.41, 5.74) is 3.82. The van der Waals surface area contributed by atoms with E-state index in [1.807, 2.05) is 63.4 Å². The molecule has 3 aromatic rings. The van der Waals surface area contributed by atoms with Gasteiger partial charge in [-0.3, -0.25) is 4.79 Å². The molecule has 3 rings (SSSR count). The van der Waals surface area contributed by atoms with Gasteiger partial charge in [0.1, 0.15) is 5.69 Å². The normalized spacial score (nSPS) is 12.3. The number of H-pyrrole nitrogens is 1. The molecule has 0 aliphatic carbocycles. The minimum atomic E-state index is -0.0343. The first-order valence-electron chi connectivity index (χ1n) is 7.57. The molecule has 1 amide bonds. The lowest BCUT2D eigenvalue weighted by atomic mass is 10.1. The number of rotatable bonds is 3. The van der Waals surface area contributed by atoms with Gasteiger partial charge < -0.3 is 9.88 Å². The lowest BCUT2D eigenvalue weighted by Crippen LogP contribution is -2.29. The summed E-state index contributed by atoms with van der Waals surface area (Å²) in [6.07, 6.45) is 0. The number of amides is 1. The van der Waals surface area contributed by atoms with Gasteiger partial charge in [0.05, 0.1) is 6.04 Å². The summed E-state index contributed by atoms with van der Waals surface area (Å²) in [6, 6.07) is 15.6. The number of benzene rings is 2. The van der Waals surface area contributed by atoms with Crippen LogP contribution >= 0.6 is 11.6 Å². The van der Waals surface area contributed by atoms with Crippen molar-refractivity contribution < 1.29 is 4.79 Å². The molecule has 1 unspecified atom stereocenters. The monoisotopic (exact) mass is 326 g/mol. The lowest BCUT2D eigenvalue weighted by molar-refractivity contribution is 0.0737. The number of hydrogen-bond donors (Lipinski definition) is 1. The zero-order valence-electron chi connectivity index (χ0n) is 13.4. The molecule has 118 valence electrons. The van der Waals surface area contributed by atoms with E-state index in [0.717, 1.165) is 16.5 Å². The van der Waals surface area contributed by atoms with Crippen molar-refractivity contribution in [3.8, 4) is 0 Å². The Hall–Kier alpha value is -2.26. The first-order valence-corrected chi connectivity index (χ1v) is 7.95. The van der Waals surface area contributed by atoms with Crippen molar-refractivity contribution in [3.63, 3.8) is 0 Å². The van der Waals surface area contributed by atoms with Crippen LogP contribution in [-0.2, 0) is 0 Å². The molecule has 0 spiro atoms. The van der Waals surface area contributed by atoms with Gasteiger partial charge in [-0.05, 0) is 49.7 Å². The van der Waals surface area contributed by atoms with Gasteiger partial charge in [0.15, 0.2) is 0 Å². The van der Waals surface area contributed by atoms with E-state index < -0.39 is 0 Å². The highest BCUT2D eigenvalue weighted by molar-refractivity contribution is 6.30. The van der Waals surface area contributed by atoms with Gasteiger partial charge in [-0.15, -0.1) is 0 Å². The molecule has 0 saturated heterocycles. The number of carbonyl (C=O) groups excluding carboxylic acids is 1. The van der Waals surface area contributed by atoms with Gasteiger partial charge in [0.25, 0.3) is 5.91 Å². The summed E-state index contributed by atoms with van der Waals surface area (Å²) in [7, 11) is 1.82. The molecule has 4 heteroatoms. The molecule has 0 bridgehead atoms. The highest BCUT2D eigenvalue weighted by Gasteiger charge is 2.20. The first kappa shape index (κ1) is 15.6. The second kappa shape index (κ2) is 6.09. The van der Waals surface area contributed by atoms with Crippen LogP contribution in [0.25, 0.3) is 10.9 Å². The Morgan fingerprint density at radius 1 is 1.13 bits per heavy atom. The van der Waals surface area contributed by atoms with Crippen LogP contribution in [0.5, 0.6) is 0 Å². The number of aryl methyl sites for hydroxylation is 1. The topological polar surface area (TPSA) is 36.1 Å². The molecule has 0 fully saturated rings. The molecule has 23 heavy (non-hydrogen) atoms. The van der Waals surface area contributed by atoms with Crippen molar-refractivity contribution in [2.45, 2.75) is 19.9 Å². The highest BCUT2D eigenvalue weighted by atomic mass is 35.5. The zero-order chi connectivity index (χ0) is 16.6. The smallest absolute Gasteiger partial charge is 0.270 e. The van der Waals surface area contributed by atoms with Crippen molar-refractivity contribution in [2.24, 2.45) is 0 Å². The van der Waals surface area contributed by atoms with Gasteiger partial charge in [0.2, 0.25) is 0 Å². The molecular weight excluding hydrogens is 308 g/mol. The molecule has 0 aliphatic heterocycles. The molecule has 0 saturated carbocycles. The number of fused-ring (bicyclic) bond motifs is 1. The predicted octanol–water partition coefficient (Wildman–Crippen LogP) is 4.96. The molecule has 0 aliphatic rings. The molecule has 1 heterocycles. The Morgan fingerprint density at radius 3 is 2.52 bits per heavy atom. The second-order valence-electron chi connectivity index (χ2n) is 5.92. The van der Waals surface area contributed by atoms with Gasteiger partial charge in [-0.2, -0.15) is 0 Å². The molecule has 1 atom stereocenters. The van der Waals surface area contributed by atoms with E-state index in [0.29, 0.717) is 10.7 Å². The van der Waals surface area contributed by atoms with Gasteiger partial charge >= 0.3 is 0 Å². The van der Waals surface area contributed by atoms with E-state index in [4.69, 9.17) is 11.6 Å². The van der Waals surface area contributed by atoms with E-state index in [-0.39, 0.29) is 11.9 Å². The number of halogens is 1. The average molecular weight is 327 g/mol. The van der Waals surface area contributed by atoms with Crippen molar-refractivity contribution in [1.82, 2.24) is 9.88 Å². The Morgan fingerprint density at radius 2 is 1.83 bits per heavy atom. The maximum Gasteiger partial charge on any atom is 0.270 e. The average Bonchev–Trinajstić information content (AvgIpc) is 2.96. The summed E-state index contributed by atoms with van der Waals surface area (Å²) < 4.78 is 0. The third-order valence-corrected chi connectivity index (χ3v) is 4.51. The second-order valence-corrected chi connectivity index (χ2v) is 6.35. The quantitative estimate of drug-likeness (QED) is 0.725. The van der Waals surface area contributed by atoms with Crippen LogP contribution in [0.3, 0.4) is 0 Å². The Balaban J connectivity index is 1.86. The summed E-state index contributed by atoms with van der Waals surface area (Å²) in [6.45, 7) is 4.05. The number of aromatic amines is 1. The third kappa shape index (κ3) is 3.10. The fourth-order valence-electron chi connectivity index (χ4n) is 2.70. The zero-order valence-corrected chi connectivity index (χ0v) is 14.2. The molecular formula is C19H19ClN2O. The summed E-state index contributed by atoms with van der Waals surface area (Å²) in [5, 5.41) is 1.75. The Kier molecular flexibility index (Phi) is 4.14. The summed E-state index contributed by atoms with van der Waals surface area (Å²) >= 11 is 5.93. The van der Waals surface area contributed by atoms with Gasteiger partial charge in [0, 0.05) is 23.0 Å². The molecule has 1 aromatic heterocycles. The number of carbonyl (C=O) groups is 1. The van der Waals surface area contributed by atoms with E-state index in [9.17, 15) is 4.79 Å². The largest absolute Gasteiger partial charge is 0.351 e. The molecule has 1 N–H and O–H groups in total. The number of aromatic nitrogens is 1. The van der Waals surface area contributed by atoms with E-state index in [1.165, 1.54) is 5.56 Å². The fourth-order valence-corrected chi connectivity index (χ4v) is 2.82. The number of nitrogens with zero attached hydrogens (tertiary/aromatic N) is 1. The molecule has 2 aromatic carbocycles. The van der Waals surface area contributed by atoms with Crippen LogP contribution in [0.4, 0.5) is 0 Å². The predicted molar refractivity (Wildman–Crippen MR) is 95.0 cm³/mol. The lowest BCUT2D eigenvalue weighted by Gasteiger charge is -2.25. The number of hydrogen-bond acceptors (Lipinski definition) is 1. The SMILES string of the molecule is Cc1ccc2[nH]c(C(=O)N(C)C(C)c3ccc(Cl)cc3)cc2c1. The van der Waals surface area contributed by atoms with E-state index in [1.54, 1.807) is 4.90 Å². The Bertz CT molecular complexity index is 851. The minimum Gasteiger partial charge on any atom is -0.351 e. The molecule has 3 nitrogen and oxygen atoms in total. The van der Waals surface area contributed by atoms with Crippen LogP contribution in [0.15, 0.2) is 48.5 Å². The standard InChI is InChI=1S/C19H19ClN2O/c1-12-4-9-17-15(10-12)11-18(21-17)19(23)22(3)13(2)14-5-7-16(20)8-6-14/h4-11,13,21H,1-3H3. The van der Waals surface area contributed by atoms with E-state index >= 15 is 0 Å². The van der Waals surface area contributed by atoms with Crippen molar-refractivity contribution >= 4 is 28.4 Å². The van der Waals surface area contributed by atoms with Crippen molar-refractivity contribution in [3.05, 3.63) is 70.4 Å². The van der Waals surface area contributed by atoms with Crippen LogP contribution < -0.4 is 0 Å². The Labute approximate surface area is 140 Å². The van der Waals surface area contributed by atoms with Crippen LogP contribution in [0.2, 0.25) is 5.02 Å². The van der Waals surface area contributed by atoms with Crippen molar-refractivity contribution in [1.29, 1.82) is 0 Å². The summed E-state index contributed by atoms with van der Waals surface area (Å²) in [4.78, 5) is 17.7. The van der Waals surface area contributed by atoms with Crippen molar-refractivity contribution in [2.75, 3.05) is 7.05 Å². The van der Waals surface area contributed by atoms with Crippen LogP contribution in [0.1, 0.15) is 34.6 Å². The van der Waals surface area contributed by atoms with Crippen LogP contribution in [-0.4, -0.2) is 22.8 Å². The fraction of sp³-hybridized carbons (Fsp3) is 0.211.